The second kappa shape index (κ2) is 8.57. The fourth-order valence-electron chi connectivity index (χ4n) is 2.54. The molecule has 1 aliphatic heterocycles. The maximum atomic E-state index is 5.79. The van der Waals surface area contributed by atoms with Crippen LogP contribution in [0.15, 0.2) is 10.5 Å². The van der Waals surface area contributed by atoms with Gasteiger partial charge in [-0.25, -0.2) is 0 Å². The number of ether oxygens (including phenoxy) is 2. The number of rotatable bonds is 8. The molecule has 1 aromatic rings. The molecule has 0 aliphatic carbocycles. The zero-order valence-electron chi connectivity index (χ0n) is 13.6. The van der Waals surface area contributed by atoms with Crippen molar-refractivity contribution in [2.75, 3.05) is 19.8 Å². The molecule has 1 fully saturated rings. The van der Waals surface area contributed by atoms with Crippen LogP contribution in [-0.4, -0.2) is 25.9 Å². The third kappa shape index (κ3) is 5.81. The van der Waals surface area contributed by atoms with Gasteiger partial charge < -0.3 is 19.2 Å². The molecule has 1 unspecified atom stereocenters. The highest BCUT2D eigenvalue weighted by atomic mass is 16.5. The lowest BCUT2D eigenvalue weighted by molar-refractivity contribution is -0.0449. The van der Waals surface area contributed by atoms with Crippen molar-refractivity contribution in [1.82, 2.24) is 5.32 Å². The van der Waals surface area contributed by atoms with Gasteiger partial charge in [-0.05, 0) is 44.7 Å². The van der Waals surface area contributed by atoms with Crippen molar-refractivity contribution in [3.63, 3.8) is 0 Å². The topological polar surface area (TPSA) is 43.6 Å². The van der Waals surface area contributed by atoms with Crippen LogP contribution in [0.2, 0.25) is 0 Å². The minimum atomic E-state index is 0.276. The summed E-state index contributed by atoms with van der Waals surface area (Å²) < 4.78 is 17.2. The minimum Gasteiger partial charge on any atom is -0.465 e. The van der Waals surface area contributed by atoms with Crippen LogP contribution in [0.25, 0.3) is 0 Å². The Bertz CT molecular complexity index is 408. The molecule has 1 aromatic heterocycles. The average molecular weight is 295 g/mol. The summed E-state index contributed by atoms with van der Waals surface area (Å²) >= 11 is 0. The molecule has 1 aliphatic rings. The van der Waals surface area contributed by atoms with Crippen LogP contribution >= 0.6 is 0 Å². The third-order valence-electron chi connectivity index (χ3n) is 3.76. The van der Waals surface area contributed by atoms with Gasteiger partial charge in [0.1, 0.15) is 11.5 Å². The lowest BCUT2D eigenvalue weighted by atomic mass is 10.1. The lowest BCUT2D eigenvalue weighted by Gasteiger charge is -2.22. The van der Waals surface area contributed by atoms with Gasteiger partial charge in [-0.15, -0.1) is 0 Å². The van der Waals surface area contributed by atoms with Crippen molar-refractivity contribution in [1.29, 1.82) is 0 Å². The van der Waals surface area contributed by atoms with E-state index in [1.54, 1.807) is 0 Å². The maximum Gasteiger partial charge on any atom is 0.118 e. The predicted octanol–water partition coefficient (Wildman–Crippen LogP) is 3.42. The molecule has 0 bridgehead atoms. The molecule has 0 aromatic carbocycles. The number of nitrogens with one attached hydrogen (secondary N) is 1. The molecule has 0 saturated carbocycles. The Hall–Kier alpha value is -0.840. The number of hydrogen-bond acceptors (Lipinski definition) is 4. The molecule has 21 heavy (non-hydrogen) atoms. The van der Waals surface area contributed by atoms with E-state index in [0.717, 1.165) is 43.2 Å². The van der Waals surface area contributed by atoms with Gasteiger partial charge in [-0.2, -0.15) is 0 Å². The van der Waals surface area contributed by atoms with Crippen molar-refractivity contribution >= 4 is 0 Å². The van der Waals surface area contributed by atoms with Crippen LogP contribution in [0.3, 0.4) is 0 Å². The first-order valence-corrected chi connectivity index (χ1v) is 8.13. The first-order valence-electron chi connectivity index (χ1n) is 8.13. The SMILES string of the molecule is Cc1oc(CNCC(C)C)cc1COCC1CCCCO1. The first kappa shape index (κ1) is 16.5. The Morgan fingerprint density at radius 3 is 2.95 bits per heavy atom. The average Bonchev–Trinajstić information content (AvgIpc) is 2.80. The second-order valence-corrected chi connectivity index (χ2v) is 6.32. The van der Waals surface area contributed by atoms with E-state index in [1.165, 1.54) is 12.8 Å². The molecule has 1 saturated heterocycles. The zero-order chi connectivity index (χ0) is 15.1. The zero-order valence-corrected chi connectivity index (χ0v) is 13.6. The maximum absolute atomic E-state index is 5.79. The van der Waals surface area contributed by atoms with Crippen LogP contribution in [0.4, 0.5) is 0 Å². The molecule has 4 heteroatoms. The van der Waals surface area contributed by atoms with Crippen LogP contribution in [0.1, 0.15) is 50.2 Å². The van der Waals surface area contributed by atoms with Gasteiger partial charge in [0, 0.05) is 12.2 Å². The molecule has 2 rings (SSSR count). The molecule has 1 N–H and O–H groups in total. The van der Waals surface area contributed by atoms with Crippen molar-refractivity contribution in [2.24, 2.45) is 5.92 Å². The van der Waals surface area contributed by atoms with Gasteiger partial charge in [0.2, 0.25) is 0 Å². The van der Waals surface area contributed by atoms with Crippen LogP contribution in [-0.2, 0) is 22.6 Å². The monoisotopic (exact) mass is 295 g/mol. The quantitative estimate of drug-likeness (QED) is 0.798. The predicted molar refractivity (Wildman–Crippen MR) is 83.2 cm³/mol. The van der Waals surface area contributed by atoms with E-state index >= 15 is 0 Å². The Morgan fingerprint density at radius 1 is 1.38 bits per heavy atom. The van der Waals surface area contributed by atoms with Crippen LogP contribution in [0, 0.1) is 12.8 Å². The van der Waals surface area contributed by atoms with Gasteiger partial charge in [-0.3, -0.25) is 0 Å². The van der Waals surface area contributed by atoms with Gasteiger partial charge in [-0.1, -0.05) is 13.8 Å². The second-order valence-electron chi connectivity index (χ2n) is 6.32. The Kier molecular flexibility index (Phi) is 6.74. The number of hydrogen-bond donors (Lipinski definition) is 1. The summed E-state index contributed by atoms with van der Waals surface area (Å²) in [6, 6.07) is 2.10. The van der Waals surface area contributed by atoms with Gasteiger partial charge in [0.25, 0.3) is 0 Å². The fourth-order valence-corrected chi connectivity index (χ4v) is 2.54. The van der Waals surface area contributed by atoms with Crippen molar-refractivity contribution in [3.8, 4) is 0 Å². The van der Waals surface area contributed by atoms with Crippen molar-refractivity contribution in [2.45, 2.75) is 59.3 Å². The van der Waals surface area contributed by atoms with E-state index in [9.17, 15) is 0 Å². The summed E-state index contributed by atoms with van der Waals surface area (Å²) in [6.45, 7) is 10.4. The molecule has 120 valence electrons. The Morgan fingerprint density at radius 2 is 2.24 bits per heavy atom. The standard InChI is InChI=1S/C17H29NO3/c1-13(2)9-18-10-17-8-15(14(3)21-17)11-19-12-16-6-4-5-7-20-16/h8,13,16,18H,4-7,9-12H2,1-3H3. The lowest BCUT2D eigenvalue weighted by Crippen LogP contribution is -2.24. The molecule has 4 nitrogen and oxygen atoms in total. The van der Waals surface area contributed by atoms with E-state index in [2.05, 4.69) is 25.2 Å². The largest absolute Gasteiger partial charge is 0.465 e. The van der Waals surface area contributed by atoms with E-state index in [0.29, 0.717) is 19.1 Å². The first-order chi connectivity index (χ1) is 10.1. The summed E-state index contributed by atoms with van der Waals surface area (Å²) in [5.41, 5.74) is 1.15. The minimum absolute atomic E-state index is 0.276. The van der Waals surface area contributed by atoms with E-state index in [-0.39, 0.29) is 6.10 Å². The van der Waals surface area contributed by atoms with Crippen molar-refractivity contribution < 1.29 is 13.9 Å². The molecule has 0 radical (unpaired) electrons. The summed E-state index contributed by atoms with van der Waals surface area (Å²) in [7, 11) is 0. The molecule has 2 heterocycles. The van der Waals surface area contributed by atoms with E-state index in [4.69, 9.17) is 13.9 Å². The smallest absolute Gasteiger partial charge is 0.118 e. The van der Waals surface area contributed by atoms with Gasteiger partial charge in [0.15, 0.2) is 0 Å². The Labute approximate surface area is 128 Å². The molecule has 0 amide bonds. The molecule has 0 spiro atoms. The van der Waals surface area contributed by atoms with Crippen LogP contribution < -0.4 is 5.32 Å². The fraction of sp³-hybridized carbons (Fsp3) is 0.765. The molecular formula is C17H29NO3. The van der Waals surface area contributed by atoms with Gasteiger partial charge >= 0.3 is 0 Å². The highest BCUT2D eigenvalue weighted by Crippen LogP contribution is 2.17. The molecule has 1 atom stereocenters. The summed E-state index contributed by atoms with van der Waals surface area (Å²) in [5, 5.41) is 3.39. The third-order valence-corrected chi connectivity index (χ3v) is 3.76. The van der Waals surface area contributed by atoms with Gasteiger partial charge in [0.05, 0.1) is 25.9 Å². The number of furan rings is 1. The Balaban J connectivity index is 1.71. The van der Waals surface area contributed by atoms with E-state index in [1.807, 2.05) is 6.92 Å². The van der Waals surface area contributed by atoms with Crippen molar-refractivity contribution in [3.05, 3.63) is 23.2 Å². The summed E-state index contributed by atoms with van der Waals surface area (Å²) in [4.78, 5) is 0. The normalized spacial score (nSPS) is 19.3. The van der Waals surface area contributed by atoms with Crippen LogP contribution in [0.5, 0.6) is 0 Å². The summed E-state index contributed by atoms with van der Waals surface area (Å²) in [5.74, 6) is 2.60. The van der Waals surface area contributed by atoms with E-state index < -0.39 is 0 Å². The number of aryl methyl sites for hydroxylation is 1. The highest BCUT2D eigenvalue weighted by Gasteiger charge is 2.14. The molecular weight excluding hydrogens is 266 g/mol. The highest BCUT2D eigenvalue weighted by molar-refractivity contribution is 5.19. The summed E-state index contributed by atoms with van der Waals surface area (Å²) in [6.07, 6.45) is 3.83.